The summed E-state index contributed by atoms with van der Waals surface area (Å²) in [7, 11) is 2.17. The van der Waals surface area contributed by atoms with Crippen LogP contribution in [0, 0.1) is 0 Å². The van der Waals surface area contributed by atoms with E-state index in [1.54, 1.807) is 0 Å². The maximum absolute atomic E-state index is 10.3. The van der Waals surface area contributed by atoms with E-state index < -0.39 is 5.97 Å². The molecule has 0 aliphatic carbocycles. The zero-order valence-corrected chi connectivity index (χ0v) is 9.54. The molecule has 1 fully saturated rings. The van der Waals surface area contributed by atoms with Crippen LogP contribution in [0.2, 0.25) is 0 Å². The van der Waals surface area contributed by atoms with Gasteiger partial charge in [-0.2, -0.15) is 0 Å². The summed E-state index contributed by atoms with van der Waals surface area (Å²) in [6.45, 7) is 3.01. The number of likely N-dealkylation sites (N-methyl/N-ethyl adjacent to an activating group) is 1. The SMILES string of the molecule is CN1CCCCC1CNCCCC(=O)O. The van der Waals surface area contributed by atoms with Gasteiger partial charge in [-0.3, -0.25) is 4.79 Å². The standard InChI is InChI=1S/C11H22N2O2/c1-13-8-3-2-5-10(13)9-12-7-4-6-11(14)15/h10,12H,2-9H2,1H3,(H,14,15). The molecular weight excluding hydrogens is 192 g/mol. The molecule has 1 unspecified atom stereocenters. The molecule has 0 aromatic rings. The molecule has 0 bridgehead atoms. The zero-order valence-electron chi connectivity index (χ0n) is 9.54. The van der Waals surface area contributed by atoms with Gasteiger partial charge in [0.15, 0.2) is 0 Å². The van der Waals surface area contributed by atoms with Crippen LogP contribution in [0.15, 0.2) is 0 Å². The number of carboxylic acids is 1. The van der Waals surface area contributed by atoms with Crippen molar-refractivity contribution in [2.75, 3.05) is 26.7 Å². The lowest BCUT2D eigenvalue weighted by molar-refractivity contribution is -0.137. The van der Waals surface area contributed by atoms with Crippen molar-refractivity contribution in [3.05, 3.63) is 0 Å². The fourth-order valence-corrected chi connectivity index (χ4v) is 2.04. The number of carboxylic acid groups (broad SMARTS) is 1. The molecule has 0 aromatic carbocycles. The molecule has 0 amide bonds. The van der Waals surface area contributed by atoms with E-state index in [1.807, 2.05) is 0 Å². The lowest BCUT2D eigenvalue weighted by Gasteiger charge is -2.32. The van der Waals surface area contributed by atoms with E-state index >= 15 is 0 Å². The van der Waals surface area contributed by atoms with Crippen molar-refractivity contribution in [3.63, 3.8) is 0 Å². The van der Waals surface area contributed by atoms with Crippen molar-refractivity contribution in [2.45, 2.75) is 38.1 Å². The summed E-state index contributed by atoms with van der Waals surface area (Å²) >= 11 is 0. The quantitative estimate of drug-likeness (QED) is 0.646. The van der Waals surface area contributed by atoms with E-state index in [9.17, 15) is 4.79 Å². The van der Waals surface area contributed by atoms with Gasteiger partial charge in [0, 0.05) is 19.0 Å². The number of nitrogens with zero attached hydrogens (tertiary/aromatic N) is 1. The minimum absolute atomic E-state index is 0.271. The molecule has 1 aliphatic rings. The van der Waals surface area contributed by atoms with E-state index in [0.29, 0.717) is 6.04 Å². The Kier molecular flexibility index (Phi) is 5.65. The van der Waals surface area contributed by atoms with Gasteiger partial charge < -0.3 is 15.3 Å². The van der Waals surface area contributed by atoms with Crippen LogP contribution in [0.4, 0.5) is 0 Å². The Morgan fingerprint density at radius 3 is 3.00 bits per heavy atom. The molecule has 88 valence electrons. The molecule has 2 N–H and O–H groups in total. The third-order valence-electron chi connectivity index (χ3n) is 3.05. The average molecular weight is 214 g/mol. The first-order valence-corrected chi connectivity index (χ1v) is 5.83. The molecule has 0 saturated carbocycles. The minimum Gasteiger partial charge on any atom is -0.481 e. The summed E-state index contributed by atoms with van der Waals surface area (Å²) in [6.07, 6.45) is 4.90. The molecule has 1 atom stereocenters. The molecule has 4 heteroatoms. The maximum atomic E-state index is 10.3. The highest BCUT2D eigenvalue weighted by molar-refractivity contribution is 5.66. The van der Waals surface area contributed by atoms with Crippen LogP contribution < -0.4 is 5.32 Å². The summed E-state index contributed by atoms with van der Waals surface area (Å²) in [5.41, 5.74) is 0. The van der Waals surface area contributed by atoms with E-state index in [0.717, 1.165) is 19.5 Å². The van der Waals surface area contributed by atoms with Gasteiger partial charge in [-0.15, -0.1) is 0 Å². The molecule has 0 radical (unpaired) electrons. The van der Waals surface area contributed by atoms with Crippen molar-refractivity contribution in [2.24, 2.45) is 0 Å². The van der Waals surface area contributed by atoms with Crippen molar-refractivity contribution in [1.82, 2.24) is 10.2 Å². The zero-order chi connectivity index (χ0) is 11.1. The predicted molar refractivity (Wildman–Crippen MR) is 60.0 cm³/mol. The number of hydrogen-bond acceptors (Lipinski definition) is 3. The number of hydrogen-bond donors (Lipinski definition) is 2. The lowest BCUT2D eigenvalue weighted by Crippen LogP contribution is -2.43. The van der Waals surface area contributed by atoms with E-state index in [4.69, 9.17) is 5.11 Å². The molecule has 1 saturated heterocycles. The first-order chi connectivity index (χ1) is 7.20. The maximum Gasteiger partial charge on any atom is 0.303 e. The topological polar surface area (TPSA) is 52.6 Å². The highest BCUT2D eigenvalue weighted by Crippen LogP contribution is 2.13. The largest absolute Gasteiger partial charge is 0.481 e. The molecule has 0 aromatic heterocycles. The Morgan fingerprint density at radius 2 is 2.33 bits per heavy atom. The number of aliphatic carboxylic acids is 1. The van der Waals surface area contributed by atoms with E-state index in [-0.39, 0.29) is 6.42 Å². The summed E-state index contributed by atoms with van der Waals surface area (Å²) in [4.78, 5) is 12.7. The molecule has 4 nitrogen and oxygen atoms in total. The normalized spacial score (nSPS) is 22.9. The molecule has 1 aliphatic heterocycles. The summed E-state index contributed by atoms with van der Waals surface area (Å²) in [5.74, 6) is -0.702. The average Bonchev–Trinajstić information content (AvgIpc) is 2.20. The van der Waals surface area contributed by atoms with Crippen molar-refractivity contribution in [3.8, 4) is 0 Å². The minimum atomic E-state index is -0.702. The highest BCUT2D eigenvalue weighted by atomic mass is 16.4. The number of likely N-dealkylation sites (tertiary alicyclic amines) is 1. The second-order valence-electron chi connectivity index (χ2n) is 4.33. The Bertz CT molecular complexity index is 197. The van der Waals surface area contributed by atoms with Gasteiger partial charge in [-0.1, -0.05) is 6.42 Å². The fourth-order valence-electron chi connectivity index (χ4n) is 2.04. The van der Waals surface area contributed by atoms with Gasteiger partial charge in [-0.05, 0) is 39.4 Å². The van der Waals surface area contributed by atoms with Crippen molar-refractivity contribution < 1.29 is 9.90 Å². The lowest BCUT2D eigenvalue weighted by atomic mass is 10.0. The van der Waals surface area contributed by atoms with Crippen LogP contribution in [0.25, 0.3) is 0 Å². The highest BCUT2D eigenvalue weighted by Gasteiger charge is 2.17. The molecule has 15 heavy (non-hydrogen) atoms. The third-order valence-corrected chi connectivity index (χ3v) is 3.05. The number of piperidine rings is 1. The number of nitrogens with one attached hydrogen (secondary N) is 1. The molecule has 1 heterocycles. The summed E-state index contributed by atoms with van der Waals surface area (Å²) in [6, 6.07) is 0.642. The van der Waals surface area contributed by atoms with Gasteiger partial charge in [0.1, 0.15) is 0 Å². The van der Waals surface area contributed by atoms with Crippen LogP contribution in [0.1, 0.15) is 32.1 Å². The molecular formula is C11H22N2O2. The van der Waals surface area contributed by atoms with Crippen LogP contribution in [-0.2, 0) is 4.79 Å². The van der Waals surface area contributed by atoms with Crippen LogP contribution in [0.5, 0.6) is 0 Å². The molecule has 0 spiro atoms. The van der Waals surface area contributed by atoms with Crippen LogP contribution in [0.3, 0.4) is 0 Å². The van der Waals surface area contributed by atoms with Gasteiger partial charge in [0.05, 0.1) is 0 Å². The Balaban J connectivity index is 2.01. The second kappa shape index (κ2) is 6.80. The van der Waals surface area contributed by atoms with Gasteiger partial charge in [-0.25, -0.2) is 0 Å². The van der Waals surface area contributed by atoms with E-state index in [2.05, 4.69) is 17.3 Å². The summed E-state index contributed by atoms with van der Waals surface area (Å²) < 4.78 is 0. The van der Waals surface area contributed by atoms with Crippen molar-refractivity contribution >= 4 is 5.97 Å². The van der Waals surface area contributed by atoms with Crippen LogP contribution >= 0.6 is 0 Å². The van der Waals surface area contributed by atoms with Gasteiger partial charge >= 0.3 is 5.97 Å². The monoisotopic (exact) mass is 214 g/mol. The Hall–Kier alpha value is -0.610. The molecule has 1 rings (SSSR count). The Labute approximate surface area is 91.6 Å². The first-order valence-electron chi connectivity index (χ1n) is 5.83. The van der Waals surface area contributed by atoms with Gasteiger partial charge in [0.2, 0.25) is 0 Å². The summed E-state index contributed by atoms with van der Waals surface area (Å²) in [5, 5.41) is 11.8. The smallest absolute Gasteiger partial charge is 0.303 e. The number of carbonyl (C=O) groups is 1. The fraction of sp³-hybridized carbons (Fsp3) is 0.909. The van der Waals surface area contributed by atoms with Crippen LogP contribution in [-0.4, -0.2) is 48.7 Å². The van der Waals surface area contributed by atoms with E-state index in [1.165, 1.54) is 25.8 Å². The first kappa shape index (κ1) is 12.5. The Morgan fingerprint density at radius 1 is 1.53 bits per heavy atom. The van der Waals surface area contributed by atoms with Gasteiger partial charge in [0.25, 0.3) is 0 Å². The van der Waals surface area contributed by atoms with Crippen molar-refractivity contribution in [1.29, 1.82) is 0 Å². The third kappa shape index (κ3) is 5.14. The predicted octanol–water partition coefficient (Wildman–Crippen LogP) is 0.925. The second-order valence-corrected chi connectivity index (χ2v) is 4.33. The number of rotatable bonds is 6.